The molecule has 23 heavy (non-hydrogen) atoms. The van der Waals surface area contributed by atoms with E-state index >= 15 is 0 Å². The molecule has 0 radical (unpaired) electrons. The zero-order valence-corrected chi connectivity index (χ0v) is 13.2. The molecule has 0 spiro atoms. The van der Waals surface area contributed by atoms with Gasteiger partial charge in [-0.1, -0.05) is 19.9 Å². The van der Waals surface area contributed by atoms with E-state index in [2.05, 4.69) is 13.8 Å². The van der Waals surface area contributed by atoms with Crippen molar-refractivity contribution >= 4 is 17.6 Å². The van der Waals surface area contributed by atoms with Gasteiger partial charge in [0.15, 0.2) is 6.61 Å². The third-order valence-electron chi connectivity index (χ3n) is 3.84. The normalized spacial score (nSPS) is 20.9. The van der Waals surface area contributed by atoms with Crippen molar-refractivity contribution in [3.63, 3.8) is 0 Å². The number of hydrogen-bond donors (Lipinski definition) is 0. The molecule has 0 N–H and O–H groups in total. The largest absolute Gasteiger partial charge is 0.452 e. The van der Waals surface area contributed by atoms with Crippen molar-refractivity contribution in [2.24, 2.45) is 11.8 Å². The predicted molar refractivity (Wildman–Crippen MR) is 82.9 cm³/mol. The molecule has 0 aliphatic carbocycles. The standard InChI is InChI=1S/C16H20N2O5/c1-11-6-12(2)9-17(8-11)15(19)10-23-16(20)13-4-3-5-14(7-13)18(21)22/h3-5,7,11-12H,6,8-10H2,1-2H3/t11-,12-/m0/s1. The Bertz CT molecular complexity index is 606. The van der Waals surface area contributed by atoms with E-state index in [1.165, 1.54) is 18.2 Å². The van der Waals surface area contributed by atoms with Crippen LogP contribution >= 0.6 is 0 Å². The molecule has 1 saturated heterocycles. The van der Waals surface area contributed by atoms with Crippen LogP contribution in [0.1, 0.15) is 30.6 Å². The van der Waals surface area contributed by atoms with Crippen molar-refractivity contribution in [2.75, 3.05) is 19.7 Å². The second kappa shape index (κ2) is 7.21. The molecular weight excluding hydrogens is 300 g/mol. The van der Waals surface area contributed by atoms with Gasteiger partial charge in [-0.15, -0.1) is 0 Å². The number of carbonyl (C=O) groups excluding carboxylic acids is 2. The second-order valence-corrected chi connectivity index (χ2v) is 6.13. The summed E-state index contributed by atoms with van der Waals surface area (Å²) in [5.74, 6) is -0.118. The highest BCUT2D eigenvalue weighted by Gasteiger charge is 2.26. The molecule has 124 valence electrons. The number of piperidine rings is 1. The summed E-state index contributed by atoms with van der Waals surface area (Å²) in [7, 11) is 0. The number of hydrogen-bond acceptors (Lipinski definition) is 5. The maximum absolute atomic E-state index is 12.1. The fourth-order valence-corrected chi connectivity index (χ4v) is 2.91. The van der Waals surface area contributed by atoms with Gasteiger partial charge in [-0.2, -0.15) is 0 Å². The summed E-state index contributed by atoms with van der Waals surface area (Å²) >= 11 is 0. The Morgan fingerprint density at radius 3 is 2.57 bits per heavy atom. The van der Waals surface area contributed by atoms with Crippen LogP contribution in [-0.4, -0.2) is 41.4 Å². The zero-order chi connectivity index (χ0) is 17.0. The summed E-state index contributed by atoms with van der Waals surface area (Å²) in [5.41, 5.74) is -0.128. The lowest BCUT2D eigenvalue weighted by atomic mass is 9.92. The highest BCUT2D eigenvalue weighted by Crippen LogP contribution is 2.21. The number of benzene rings is 1. The van der Waals surface area contributed by atoms with Gasteiger partial charge in [-0.05, 0) is 24.3 Å². The molecule has 2 rings (SSSR count). The van der Waals surface area contributed by atoms with E-state index < -0.39 is 10.9 Å². The third kappa shape index (κ3) is 4.51. The number of non-ortho nitro benzene ring substituents is 1. The molecular formula is C16H20N2O5. The van der Waals surface area contributed by atoms with Gasteiger partial charge >= 0.3 is 5.97 Å². The van der Waals surface area contributed by atoms with Crippen molar-refractivity contribution in [3.8, 4) is 0 Å². The fraction of sp³-hybridized carbons (Fsp3) is 0.500. The first-order valence-corrected chi connectivity index (χ1v) is 7.56. The molecule has 0 aromatic heterocycles. The minimum absolute atomic E-state index is 0.0624. The van der Waals surface area contributed by atoms with Crippen LogP contribution in [-0.2, 0) is 9.53 Å². The van der Waals surface area contributed by atoms with Crippen LogP contribution in [0.2, 0.25) is 0 Å². The van der Waals surface area contributed by atoms with Gasteiger partial charge in [0.25, 0.3) is 11.6 Å². The van der Waals surface area contributed by atoms with Gasteiger partial charge in [-0.25, -0.2) is 4.79 Å². The van der Waals surface area contributed by atoms with Crippen LogP contribution < -0.4 is 0 Å². The van der Waals surface area contributed by atoms with Crippen LogP contribution in [0.3, 0.4) is 0 Å². The van der Waals surface area contributed by atoms with E-state index in [-0.39, 0.29) is 23.8 Å². The molecule has 0 bridgehead atoms. The number of amides is 1. The SMILES string of the molecule is C[C@H]1C[C@H](C)CN(C(=O)COC(=O)c2cccc([N+](=O)[O-])c2)C1. The first-order valence-electron chi connectivity index (χ1n) is 7.56. The molecule has 7 heteroatoms. The Labute approximate surface area is 134 Å². The Morgan fingerprint density at radius 1 is 1.30 bits per heavy atom. The topological polar surface area (TPSA) is 89.8 Å². The molecule has 1 aromatic carbocycles. The summed E-state index contributed by atoms with van der Waals surface area (Å²) in [6.07, 6.45) is 1.08. The van der Waals surface area contributed by atoms with Crippen LogP contribution in [0.5, 0.6) is 0 Å². The number of ether oxygens (including phenoxy) is 1. The van der Waals surface area contributed by atoms with Crippen LogP contribution in [0, 0.1) is 22.0 Å². The molecule has 1 heterocycles. The van der Waals surface area contributed by atoms with Crippen molar-refractivity contribution in [2.45, 2.75) is 20.3 Å². The average molecular weight is 320 g/mol. The number of carbonyl (C=O) groups is 2. The fourth-order valence-electron chi connectivity index (χ4n) is 2.91. The number of nitrogens with zero attached hydrogens (tertiary/aromatic N) is 2. The molecule has 1 amide bonds. The van der Waals surface area contributed by atoms with Crippen LogP contribution in [0.25, 0.3) is 0 Å². The molecule has 1 aliphatic heterocycles. The molecule has 0 saturated carbocycles. The summed E-state index contributed by atoms with van der Waals surface area (Å²) < 4.78 is 5.00. The quantitative estimate of drug-likeness (QED) is 0.482. The summed E-state index contributed by atoms with van der Waals surface area (Å²) in [6.45, 7) is 5.16. The molecule has 1 aromatic rings. The number of rotatable bonds is 4. The Balaban J connectivity index is 1.92. The summed E-state index contributed by atoms with van der Waals surface area (Å²) in [6, 6.07) is 5.26. The number of nitro groups is 1. The Morgan fingerprint density at radius 2 is 1.96 bits per heavy atom. The van der Waals surface area contributed by atoms with Crippen LogP contribution in [0.4, 0.5) is 5.69 Å². The smallest absolute Gasteiger partial charge is 0.338 e. The predicted octanol–water partition coefficient (Wildman–Crippen LogP) is 2.26. The van der Waals surface area contributed by atoms with Crippen molar-refractivity contribution in [1.82, 2.24) is 4.90 Å². The Kier molecular flexibility index (Phi) is 5.31. The van der Waals surface area contributed by atoms with E-state index in [1.807, 2.05) is 0 Å². The average Bonchev–Trinajstić information content (AvgIpc) is 2.51. The zero-order valence-electron chi connectivity index (χ0n) is 13.2. The summed E-state index contributed by atoms with van der Waals surface area (Å²) in [4.78, 5) is 35.9. The number of esters is 1. The van der Waals surface area contributed by atoms with Crippen molar-refractivity contribution < 1.29 is 19.2 Å². The lowest BCUT2D eigenvalue weighted by Crippen LogP contribution is -2.44. The molecule has 7 nitrogen and oxygen atoms in total. The van der Waals surface area contributed by atoms with Crippen molar-refractivity contribution in [3.05, 3.63) is 39.9 Å². The molecule has 1 aliphatic rings. The minimum atomic E-state index is -0.736. The van der Waals surface area contributed by atoms with Crippen LogP contribution in [0.15, 0.2) is 24.3 Å². The monoisotopic (exact) mass is 320 g/mol. The maximum atomic E-state index is 12.1. The first-order chi connectivity index (χ1) is 10.9. The first kappa shape index (κ1) is 16.9. The highest BCUT2D eigenvalue weighted by molar-refractivity contribution is 5.91. The van der Waals surface area contributed by atoms with E-state index in [0.29, 0.717) is 24.9 Å². The van der Waals surface area contributed by atoms with E-state index in [1.54, 1.807) is 4.90 Å². The second-order valence-electron chi connectivity index (χ2n) is 6.13. The number of likely N-dealkylation sites (tertiary alicyclic amines) is 1. The van der Waals surface area contributed by atoms with Gasteiger partial charge < -0.3 is 9.64 Å². The highest BCUT2D eigenvalue weighted by atomic mass is 16.6. The third-order valence-corrected chi connectivity index (χ3v) is 3.84. The summed E-state index contributed by atoms with van der Waals surface area (Å²) in [5, 5.41) is 10.7. The lowest BCUT2D eigenvalue weighted by Gasteiger charge is -2.34. The molecule has 0 unspecified atom stereocenters. The molecule has 1 fully saturated rings. The van der Waals surface area contributed by atoms with Gasteiger partial charge in [-0.3, -0.25) is 14.9 Å². The van der Waals surface area contributed by atoms with Gasteiger partial charge in [0.2, 0.25) is 0 Å². The van der Waals surface area contributed by atoms with Gasteiger partial charge in [0, 0.05) is 25.2 Å². The van der Waals surface area contributed by atoms with E-state index in [4.69, 9.17) is 4.74 Å². The van der Waals surface area contributed by atoms with E-state index in [9.17, 15) is 19.7 Å². The Hall–Kier alpha value is -2.44. The van der Waals surface area contributed by atoms with Gasteiger partial charge in [0.1, 0.15) is 0 Å². The lowest BCUT2D eigenvalue weighted by molar-refractivity contribution is -0.384. The maximum Gasteiger partial charge on any atom is 0.338 e. The van der Waals surface area contributed by atoms with Gasteiger partial charge in [0.05, 0.1) is 10.5 Å². The molecule has 2 atom stereocenters. The van der Waals surface area contributed by atoms with Crippen molar-refractivity contribution in [1.29, 1.82) is 0 Å². The van der Waals surface area contributed by atoms with E-state index in [0.717, 1.165) is 12.5 Å². The number of nitro benzene ring substituents is 1. The minimum Gasteiger partial charge on any atom is -0.452 e.